The molecule has 3 saturated carbocycles. The molecule has 28 heavy (non-hydrogen) atoms. The van der Waals surface area contributed by atoms with Gasteiger partial charge in [0.2, 0.25) is 0 Å². The van der Waals surface area contributed by atoms with E-state index in [1.807, 2.05) is 0 Å². The predicted octanol–water partition coefficient (Wildman–Crippen LogP) is 5.06. The van der Waals surface area contributed by atoms with E-state index in [4.69, 9.17) is 9.47 Å². The molecule has 0 aliphatic heterocycles. The minimum Gasteiger partial charge on any atom is -0.462 e. The normalized spacial score (nSPS) is 47.2. The second kappa shape index (κ2) is 6.88. The van der Waals surface area contributed by atoms with Gasteiger partial charge in [0.05, 0.1) is 0 Å². The van der Waals surface area contributed by atoms with E-state index in [0.717, 1.165) is 32.1 Å². The van der Waals surface area contributed by atoms with Crippen molar-refractivity contribution in [2.75, 3.05) is 0 Å². The van der Waals surface area contributed by atoms with Gasteiger partial charge in [-0.15, -0.1) is 0 Å². The monoisotopic (exact) mass is 388 g/mol. The van der Waals surface area contributed by atoms with Crippen molar-refractivity contribution in [1.29, 1.82) is 0 Å². The molecule has 8 atom stereocenters. The van der Waals surface area contributed by atoms with Crippen molar-refractivity contribution in [2.45, 2.75) is 91.8 Å². The van der Waals surface area contributed by atoms with Gasteiger partial charge in [-0.3, -0.25) is 9.59 Å². The van der Waals surface area contributed by atoms with Gasteiger partial charge in [-0.2, -0.15) is 0 Å². The number of hydrogen-bond donors (Lipinski definition) is 0. The van der Waals surface area contributed by atoms with E-state index in [0.29, 0.717) is 23.7 Å². The number of hydrogen-bond acceptors (Lipinski definition) is 4. The molecule has 0 bridgehead atoms. The Morgan fingerprint density at radius 2 is 1.75 bits per heavy atom. The minimum atomic E-state index is -0.159. The topological polar surface area (TPSA) is 52.6 Å². The third-order valence-electron chi connectivity index (χ3n) is 8.91. The summed E-state index contributed by atoms with van der Waals surface area (Å²) in [5, 5.41) is 0. The van der Waals surface area contributed by atoms with Gasteiger partial charge >= 0.3 is 11.9 Å². The van der Waals surface area contributed by atoms with Gasteiger partial charge < -0.3 is 9.47 Å². The highest BCUT2D eigenvalue weighted by Crippen LogP contribution is 2.66. The SMILES string of the molecule is CC(=O)O[C@H]1CC[C@@]2(C)C(=CC[C@H]3[C@@H]4C[C@@H](C)[C@@H](OC(C)=O)[C@@]4(C)CC[C@@H]32)C1. The maximum absolute atomic E-state index is 11.7. The van der Waals surface area contributed by atoms with Crippen molar-refractivity contribution >= 4 is 11.9 Å². The largest absolute Gasteiger partial charge is 0.462 e. The van der Waals surface area contributed by atoms with E-state index >= 15 is 0 Å². The van der Waals surface area contributed by atoms with Gasteiger partial charge in [-0.1, -0.05) is 32.4 Å². The Labute approximate surface area is 169 Å². The van der Waals surface area contributed by atoms with Crippen LogP contribution in [-0.4, -0.2) is 24.1 Å². The van der Waals surface area contributed by atoms with Gasteiger partial charge in [-0.25, -0.2) is 0 Å². The number of carbonyl (C=O) groups is 2. The molecule has 0 amide bonds. The number of esters is 2. The van der Waals surface area contributed by atoms with Gasteiger partial charge in [0, 0.05) is 25.7 Å². The molecule has 0 saturated heterocycles. The van der Waals surface area contributed by atoms with E-state index in [2.05, 4.69) is 26.8 Å². The number of carbonyl (C=O) groups excluding carboxylic acids is 2. The molecule has 0 N–H and O–H groups in total. The first-order valence-electron chi connectivity index (χ1n) is 11.2. The zero-order valence-electron chi connectivity index (χ0n) is 18.1. The lowest BCUT2D eigenvalue weighted by atomic mass is 9.48. The fraction of sp³-hybridized carbons (Fsp3) is 0.833. The summed E-state index contributed by atoms with van der Waals surface area (Å²) >= 11 is 0. The highest BCUT2D eigenvalue weighted by molar-refractivity contribution is 5.66. The van der Waals surface area contributed by atoms with E-state index in [-0.39, 0.29) is 35.0 Å². The van der Waals surface area contributed by atoms with Crippen LogP contribution in [0.4, 0.5) is 0 Å². The van der Waals surface area contributed by atoms with Gasteiger partial charge in [0.15, 0.2) is 0 Å². The molecule has 0 spiro atoms. The molecule has 4 rings (SSSR count). The molecule has 0 aromatic rings. The molecule has 4 aliphatic carbocycles. The molecule has 4 heteroatoms. The molecule has 0 heterocycles. The molecule has 0 aromatic carbocycles. The molecule has 0 radical (unpaired) electrons. The third-order valence-corrected chi connectivity index (χ3v) is 8.91. The molecule has 3 fully saturated rings. The van der Waals surface area contributed by atoms with Crippen LogP contribution in [0.25, 0.3) is 0 Å². The van der Waals surface area contributed by atoms with Crippen LogP contribution in [0.1, 0.15) is 79.6 Å². The maximum Gasteiger partial charge on any atom is 0.302 e. The second-order valence-electron chi connectivity index (χ2n) is 10.5. The molecule has 0 aromatic heterocycles. The van der Waals surface area contributed by atoms with E-state index in [9.17, 15) is 9.59 Å². The highest BCUT2D eigenvalue weighted by Gasteiger charge is 2.61. The van der Waals surface area contributed by atoms with Crippen molar-refractivity contribution in [1.82, 2.24) is 0 Å². The lowest BCUT2D eigenvalue weighted by molar-refractivity contribution is -0.159. The maximum atomic E-state index is 11.7. The van der Waals surface area contributed by atoms with E-state index < -0.39 is 0 Å². The average Bonchev–Trinajstić information content (AvgIpc) is 2.85. The first-order valence-corrected chi connectivity index (χ1v) is 11.2. The number of allylic oxidation sites excluding steroid dienone is 1. The molecule has 4 aliphatic rings. The van der Waals surface area contributed by atoms with Crippen LogP contribution in [0.3, 0.4) is 0 Å². The summed E-state index contributed by atoms with van der Waals surface area (Å²) in [5.41, 5.74) is 1.88. The Hall–Kier alpha value is -1.32. The Morgan fingerprint density at radius 1 is 1.04 bits per heavy atom. The summed E-state index contributed by atoms with van der Waals surface area (Å²) in [6.07, 6.45) is 10.3. The fourth-order valence-electron chi connectivity index (χ4n) is 7.71. The van der Waals surface area contributed by atoms with Gasteiger partial charge in [-0.05, 0) is 67.6 Å². The van der Waals surface area contributed by atoms with E-state index in [1.165, 1.54) is 25.3 Å². The zero-order valence-corrected chi connectivity index (χ0v) is 18.1. The molecule has 0 unspecified atom stereocenters. The van der Waals surface area contributed by atoms with Crippen molar-refractivity contribution in [3.05, 3.63) is 11.6 Å². The van der Waals surface area contributed by atoms with Gasteiger partial charge in [0.25, 0.3) is 0 Å². The Bertz CT molecular complexity index is 697. The molecular weight excluding hydrogens is 352 g/mol. The summed E-state index contributed by atoms with van der Waals surface area (Å²) in [6.45, 7) is 10.2. The fourth-order valence-corrected chi connectivity index (χ4v) is 7.71. The molecule has 156 valence electrons. The van der Waals surface area contributed by atoms with Crippen LogP contribution >= 0.6 is 0 Å². The van der Waals surface area contributed by atoms with Crippen LogP contribution in [0, 0.1) is 34.5 Å². The number of ether oxygens (including phenoxy) is 2. The zero-order chi connectivity index (χ0) is 20.3. The first-order chi connectivity index (χ1) is 13.1. The summed E-state index contributed by atoms with van der Waals surface area (Å²) in [6, 6.07) is 0. The van der Waals surface area contributed by atoms with Crippen LogP contribution in [0.2, 0.25) is 0 Å². The van der Waals surface area contributed by atoms with Gasteiger partial charge in [0.1, 0.15) is 12.2 Å². The quantitative estimate of drug-likeness (QED) is 0.490. The Kier molecular flexibility index (Phi) is 4.91. The molecule has 4 nitrogen and oxygen atoms in total. The highest BCUT2D eigenvalue weighted by atomic mass is 16.5. The lowest BCUT2D eigenvalue weighted by Crippen LogP contribution is -2.51. The Morgan fingerprint density at radius 3 is 2.43 bits per heavy atom. The summed E-state index contributed by atoms with van der Waals surface area (Å²) in [4.78, 5) is 23.1. The Balaban J connectivity index is 1.58. The van der Waals surface area contributed by atoms with Crippen molar-refractivity contribution in [3.8, 4) is 0 Å². The number of fused-ring (bicyclic) bond motifs is 5. The minimum absolute atomic E-state index is 0.0575. The lowest BCUT2D eigenvalue weighted by Gasteiger charge is -2.57. The van der Waals surface area contributed by atoms with Crippen LogP contribution < -0.4 is 0 Å². The van der Waals surface area contributed by atoms with E-state index in [1.54, 1.807) is 6.92 Å². The average molecular weight is 389 g/mol. The van der Waals surface area contributed by atoms with Crippen molar-refractivity contribution in [2.24, 2.45) is 34.5 Å². The molecular formula is C24H36O4. The summed E-state index contributed by atoms with van der Waals surface area (Å²) in [7, 11) is 0. The standard InChI is InChI=1S/C24H36O4/c1-14-12-21-19-7-6-17-13-18(27-15(2)25)8-10-23(17,4)20(19)9-11-24(21,5)22(14)28-16(3)26/h6,14,18-22H,7-13H2,1-5H3/t14-,18+,19-,20+,21+,22-,23+,24+/m1/s1. The third kappa shape index (κ3) is 3.02. The first kappa shape index (κ1) is 20.0. The summed E-state index contributed by atoms with van der Waals surface area (Å²) < 4.78 is 11.4. The van der Waals surface area contributed by atoms with Crippen LogP contribution in [0.5, 0.6) is 0 Å². The van der Waals surface area contributed by atoms with Crippen molar-refractivity contribution in [3.63, 3.8) is 0 Å². The van der Waals surface area contributed by atoms with Crippen molar-refractivity contribution < 1.29 is 19.1 Å². The van der Waals surface area contributed by atoms with Crippen LogP contribution in [-0.2, 0) is 19.1 Å². The smallest absolute Gasteiger partial charge is 0.302 e. The summed E-state index contributed by atoms with van der Waals surface area (Å²) in [5.74, 6) is 2.16. The number of rotatable bonds is 2. The second-order valence-corrected chi connectivity index (χ2v) is 10.5. The predicted molar refractivity (Wildman–Crippen MR) is 107 cm³/mol. The van der Waals surface area contributed by atoms with Crippen LogP contribution in [0.15, 0.2) is 11.6 Å².